The Bertz CT molecular complexity index is 482. The van der Waals surface area contributed by atoms with Crippen molar-refractivity contribution in [2.24, 2.45) is 11.8 Å². The fourth-order valence-corrected chi connectivity index (χ4v) is 2.85. The van der Waals surface area contributed by atoms with Crippen LogP contribution < -0.4 is 5.32 Å². The molecule has 5 heteroatoms. The molecule has 0 aromatic heterocycles. The van der Waals surface area contributed by atoms with Crippen molar-refractivity contribution in [2.45, 2.75) is 20.3 Å². The summed E-state index contributed by atoms with van der Waals surface area (Å²) in [7, 11) is 0. The molecule has 0 unspecified atom stereocenters. The Labute approximate surface area is 125 Å². The fraction of sp³-hybridized carbons (Fsp3) is 0.562. The van der Waals surface area contributed by atoms with Gasteiger partial charge >= 0.3 is 0 Å². The second-order valence-electron chi connectivity index (χ2n) is 6.19. The van der Waals surface area contributed by atoms with Gasteiger partial charge in [0.1, 0.15) is 17.1 Å². The van der Waals surface area contributed by atoms with Gasteiger partial charge in [-0.1, -0.05) is 19.9 Å². The maximum atomic E-state index is 12.1. The van der Waals surface area contributed by atoms with Gasteiger partial charge in [0.2, 0.25) is 0 Å². The average Bonchev–Trinajstić information content (AvgIpc) is 2.83. The highest BCUT2D eigenvalue weighted by molar-refractivity contribution is 5.99. The van der Waals surface area contributed by atoms with Crippen LogP contribution in [0.4, 0.5) is 0 Å². The van der Waals surface area contributed by atoms with E-state index in [1.165, 1.54) is 18.2 Å². The summed E-state index contributed by atoms with van der Waals surface area (Å²) in [6.07, 6.45) is 1.07. The highest BCUT2D eigenvalue weighted by Crippen LogP contribution is 2.26. The van der Waals surface area contributed by atoms with E-state index in [1.54, 1.807) is 0 Å². The quantitative estimate of drug-likeness (QED) is 0.774. The van der Waals surface area contributed by atoms with Crippen LogP contribution in [-0.4, -0.2) is 47.2 Å². The van der Waals surface area contributed by atoms with Crippen molar-refractivity contribution < 1.29 is 15.0 Å². The van der Waals surface area contributed by atoms with Crippen molar-refractivity contribution in [1.29, 1.82) is 0 Å². The predicted octanol–water partition coefficient (Wildman–Crippen LogP) is 1.81. The van der Waals surface area contributed by atoms with E-state index in [0.29, 0.717) is 18.4 Å². The lowest BCUT2D eigenvalue weighted by Gasteiger charge is -2.18. The Kier molecular flexibility index (Phi) is 5.07. The summed E-state index contributed by atoms with van der Waals surface area (Å²) in [5.41, 5.74) is -0.0467. The Morgan fingerprint density at radius 2 is 2.05 bits per heavy atom. The summed E-state index contributed by atoms with van der Waals surface area (Å²) >= 11 is 0. The standard InChI is InChI=1S/C16H24N2O3/c1-11(2)9-18-7-6-12(10-18)8-17-16(21)15-13(19)4-3-5-14(15)20/h3-5,11-12,19-20H,6-10H2,1-2H3,(H,17,21)/t12-/m0/s1. The number of likely N-dealkylation sites (tertiary alicyclic amines) is 1. The molecule has 21 heavy (non-hydrogen) atoms. The third kappa shape index (κ3) is 4.11. The average molecular weight is 292 g/mol. The number of benzene rings is 1. The Morgan fingerprint density at radius 1 is 1.38 bits per heavy atom. The molecule has 1 atom stereocenters. The molecule has 0 saturated carbocycles. The van der Waals surface area contributed by atoms with Crippen LogP contribution in [0.3, 0.4) is 0 Å². The van der Waals surface area contributed by atoms with Gasteiger partial charge in [0.25, 0.3) is 5.91 Å². The smallest absolute Gasteiger partial charge is 0.258 e. The molecule has 1 fully saturated rings. The normalized spacial score (nSPS) is 19.1. The molecule has 0 spiro atoms. The number of rotatable bonds is 5. The molecule has 1 aromatic rings. The van der Waals surface area contributed by atoms with E-state index in [2.05, 4.69) is 24.1 Å². The SMILES string of the molecule is CC(C)CN1CC[C@@H](CNC(=O)c2c(O)cccc2O)C1. The molecule has 1 saturated heterocycles. The van der Waals surface area contributed by atoms with Gasteiger partial charge in [-0.2, -0.15) is 0 Å². The van der Waals surface area contributed by atoms with Crippen molar-refractivity contribution in [2.75, 3.05) is 26.2 Å². The number of phenols is 2. The first-order chi connectivity index (χ1) is 9.97. The van der Waals surface area contributed by atoms with Crippen LogP contribution in [0.25, 0.3) is 0 Å². The predicted molar refractivity (Wildman–Crippen MR) is 81.5 cm³/mol. The number of hydrogen-bond donors (Lipinski definition) is 3. The van der Waals surface area contributed by atoms with Crippen LogP contribution >= 0.6 is 0 Å². The van der Waals surface area contributed by atoms with E-state index in [0.717, 1.165) is 26.1 Å². The minimum atomic E-state index is -0.423. The van der Waals surface area contributed by atoms with Crippen LogP contribution in [0.15, 0.2) is 18.2 Å². The number of aromatic hydroxyl groups is 2. The first-order valence-electron chi connectivity index (χ1n) is 7.49. The highest BCUT2D eigenvalue weighted by Gasteiger charge is 2.24. The third-order valence-electron chi connectivity index (χ3n) is 3.79. The lowest BCUT2D eigenvalue weighted by molar-refractivity contribution is 0.0941. The zero-order chi connectivity index (χ0) is 15.4. The second kappa shape index (κ2) is 6.80. The topological polar surface area (TPSA) is 72.8 Å². The van der Waals surface area contributed by atoms with E-state index in [9.17, 15) is 15.0 Å². The van der Waals surface area contributed by atoms with E-state index in [-0.39, 0.29) is 17.1 Å². The summed E-state index contributed by atoms with van der Waals surface area (Å²) in [6, 6.07) is 4.30. The fourth-order valence-electron chi connectivity index (χ4n) is 2.85. The molecule has 0 bridgehead atoms. The molecule has 1 aromatic carbocycles. The summed E-state index contributed by atoms with van der Waals surface area (Å²) in [6.45, 7) is 8.13. The van der Waals surface area contributed by atoms with E-state index in [1.807, 2.05) is 0 Å². The molecule has 116 valence electrons. The Balaban J connectivity index is 1.85. The molecule has 0 radical (unpaired) electrons. The van der Waals surface area contributed by atoms with Gasteiger partial charge in [0.05, 0.1) is 0 Å². The van der Waals surface area contributed by atoms with Crippen molar-refractivity contribution in [3.8, 4) is 11.5 Å². The van der Waals surface area contributed by atoms with Gasteiger partial charge < -0.3 is 20.4 Å². The third-order valence-corrected chi connectivity index (χ3v) is 3.79. The Hall–Kier alpha value is -1.75. The summed E-state index contributed by atoms with van der Waals surface area (Å²) in [5.74, 6) is 0.269. The summed E-state index contributed by atoms with van der Waals surface area (Å²) < 4.78 is 0. The highest BCUT2D eigenvalue weighted by atomic mass is 16.3. The molecule has 1 heterocycles. The largest absolute Gasteiger partial charge is 0.507 e. The number of hydrogen-bond acceptors (Lipinski definition) is 4. The zero-order valence-corrected chi connectivity index (χ0v) is 12.7. The molecule has 1 aliphatic rings. The molecule has 1 amide bonds. The van der Waals surface area contributed by atoms with Gasteiger partial charge in [0.15, 0.2) is 0 Å². The lowest BCUT2D eigenvalue weighted by atomic mass is 10.1. The number of amides is 1. The van der Waals surface area contributed by atoms with Gasteiger partial charge in [0, 0.05) is 19.6 Å². The molecule has 2 rings (SSSR count). The van der Waals surface area contributed by atoms with Crippen LogP contribution in [0.2, 0.25) is 0 Å². The molecule has 3 N–H and O–H groups in total. The lowest BCUT2D eigenvalue weighted by Crippen LogP contribution is -2.32. The number of nitrogens with zero attached hydrogens (tertiary/aromatic N) is 1. The molecule has 5 nitrogen and oxygen atoms in total. The van der Waals surface area contributed by atoms with Crippen molar-refractivity contribution >= 4 is 5.91 Å². The van der Waals surface area contributed by atoms with Crippen LogP contribution in [0.5, 0.6) is 11.5 Å². The molecule has 0 aliphatic carbocycles. The van der Waals surface area contributed by atoms with E-state index >= 15 is 0 Å². The van der Waals surface area contributed by atoms with E-state index < -0.39 is 5.91 Å². The summed E-state index contributed by atoms with van der Waals surface area (Å²) in [4.78, 5) is 14.5. The van der Waals surface area contributed by atoms with Crippen LogP contribution in [0, 0.1) is 11.8 Å². The van der Waals surface area contributed by atoms with Crippen LogP contribution in [-0.2, 0) is 0 Å². The molecular weight excluding hydrogens is 268 g/mol. The maximum absolute atomic E-state index is 12.1. The first-order valence-corrected chi connectivity index (χ1v) is 7.49. The second-order valence-corrected chi connectivity index (χ2v) is 6.19. The van der Waals surface area contributed by atoms with Gasteiger partial charge in [-0.3, -0.25) is 4.79 Å². The molecule has 1 aliphatic heterocycles. The van der Waals surface area contributed by atoms with Crippen molar-refractivity contribution in [3.63, 3.8) is 0 Å². The number of carbonyl (C=O) groups is 1. The van der Waals surface area contributed by atoms with Gasteiger partial charge in [-0.25, -0.2) is 0 Å². The zero-order valence-electron chi connectivity index (χ0n) is 12.7. The summed E-state index contributed by atoms with van der Waals surface area (Å²) in [5, 5.41) is 22.1. The number of carbonyl (C=O) groups excluding carboxylic acids is 1. The van der Waals surface area contributed by atoms with Crippen molar-refractivity contribution in [3.05, 3.63) is 23.8 Å². The minimum absolute atomic E-state index is 0.0467. The molecular formula is C16H24N2O3. The van der Waals surface area contributed by atoms with E-state index in [4.69, 9.17) is 0 Å². The van der Waals surface area contributed by atoms with Crippen LogP contribution in [0.1, 0.15) is 30.6 Å². The van der Waals surface area contributed by atoms with Gasteiger partial charge in [-0.15, -0.1) is 0 Å². The monoisotopic (exact) mass is 292 g/mol. The first kappa shape index (κ1) is 15.6. The van der Waals surface area contributed by atoms with Gasteiger partial charge in [-0.05, 0) is 36.9 Å². The van der Waals surface area contributed by atoms with Crippen molar-refractivity contribution in [1.82, 2.24) is 10.2 Å². The number of nitrogens with one attached hydrogen (secondary N) is 1. The Morgan fingerprint density at radius 3 is 2.67 bits per heavy atom. The minimum Gasteiger partial charge on any atom is -0.507 e. The maximum Gasteiger partial charge on any atom is 0.258 e. The number of phenolic OH excluding ortho intramolecular Hbond substituents is 2.